The van der Waals surface area contributed by atoms with Gasteiger partial charge in [-0.2, -0.15) is 14.7 Å². The summed E-state index contributed by atoms with van der Waals surface area (Å²) >= 11 is 0. The van der Waals surface area contributed by atoms with E-state index in [0.29, 0.717) is 53.1 Å². The summed E-state index contributed by atoms with van der Waals surface area (Å²) in [6, 6.07) is 26.7. The van der Waals surface area contributed by atoms with Crippen molar-refractivity contribution in [3.05, 3.63) is 96.4 Å². The number of hydrogen-bond acceptors (Lipinski definition) is 5. The predicted molar refractivity (Wildman–Crippen MR) is 165 cm³/mol. The second-order valence-corrected chi connectivity index (χ2v) is 13.1. The van der Waals surface area contributed by atoms with Crippen molar-refractivity contribution in [2.24, 2.45) is 18.9 Å². The van der Waals surface area contributed by atoms with Gasteiger partial charge in [0, 0.05) is 37.5 Å². The van der Waals surface area contributed by atoms with Crippen molar-refractivity contribution in [3.8, 4) is 23.0 Å². The van der Waals surface area contributed by atoms with Crippen LogP contribution in [-0.4, -0.2) is 45.1 Å². The third-order valence-corrected chi connectivity index (χ3v) is 9.62. The van der Waals surface area contributed by atoms with Crippen LogP contribution in [0.4, 0.5) is 0 Å². The van der Waals surface area contributed by atoms with Crippen molar-refractivity contribution in [1.29, 1.82) is 5.26 Å². The summed E-state index contributed by atoms with van der Waals surface area (Å²) in [5.41, 5.74) is 4.85. The second kappa shape index (κ2) is 11.0. The normalized spacial score (nSPS) is 18.3. The maximum Gasteiger partial charge on any atom is 0.243 e. The van der Waals surface area contributed by atoms with Gasteiger partial charge in [-0.1, -0.05) is 56.3 Å². The summed E-state index contributed by atoms with van der Waals surface area (Å²) in [5, 5.41) is 15.1. The number of aryl methyl sites for hydroxylation is 1. The fourth-order valence-electron chi connectivity index (χ4n) is 5.87. The number of fused-ring (bicyclic) bond motifs is 1. The molecule has 1 fully saturated rings. The first-order chi connectivity index (χ1) is 20.2. The van der Waals surface area contributed by atoms with Crippen LogP contribution in [0.15, 0.2) is 90.0 Å². The monoisotopic (exact) mass is 576 g/mol. The smallest absolute Gasteiger partial charge is 0.243 e. The van der Waals surface area contributed by atoms with Gasteiger partial charge in [-0.15, -0.1) is 0 Å². The summed E-state index contributed by atoms with van der Waals surface area (Å²) in [6.07, 6.45) is 4.66. The number of allylic oxidation sites excluding steroid dienone is 1. The summed E-state index contributed by atoms with van der Waals surface area (Å²) in [7, 11) is -1.80. The Morgan fingerprint density at radius 1 is 0.976 bits per heavy atom. The van der Waals surface area contributed by atoms with Crippen LogP contribution < -0.4 is 0 Å². The molecule has 8 nitrogen and oxygen atoms in total. The number of imidazole rings is 1. The highest BCUT2D eigenvalue weighted by atomic mass is 32.2. The fraction of sp³-hybridized carbons (Fsp3) is 0.242. The van der Waals surface area contributed by atoms with Crippen molar-refractivity contribution in [2.75, 3.05) is 13.1 Å². The molecule has 1 aliphatic heterocycles. The van der Waals surface area contributed by atoms with Gasteiger partial charge in [-0.05, 0) is 60.7 Å². The predicted octanol–water partition coefficient (Wildman–Crippen LogP) is 6.16. The number of para-hydroxylation sites is 3. The fourth-order valence-corrected chi connectivity index (χ4v) is 7.60. The maximum atomic E-state index is 13.7. The molecule has 0 spiro atoms. The number of sulfonamides is 1. The Morgan fingerprint density at radius 3 is 2.40 bits per heavy atom. The van der Waals surface area contributed by atoms with Crippen LogP contribution in [-0.2, 0) is 17.1 Å². The molecule has 9 heteroatoms. The molecule has 0 bridgehead atoms. The molecule has 212 valence electrons. The third-order valence-electron chi connectivity index (χ3n) is 7.79. The Hall–Kier alpha value is -4.52. The van der Waals surface area contributed by atoms with Crippen molar-refractivity contribution in [3.63, 3.8) is 0 Å². The van der Waals surface area contributed by atoms with E-state index in [0.717, 1.165) is 23.1 Å². The van der Waals surface area contributed by atoms with Crippen molar-refractivity contribution >= 4 is 32.7 Å². The first-order valence-electron chi connectivity index (χ1n) is 14.0. The largest absolute Gasteiger partial charge is 0.327 e. The molecule has 2 aromatic heterocycles. The lowest BCUT2D eigenvalue weighted by Crippen LogP contribution is -2.42. The second-order valence-electron chi connectivity index (χ2n) is 11.2. The van der Waals surface area contributed by atoms with E-state index in [1.807, 2.05) is 78.5 Å². The standard InChI is InChI=1S/C33H32N6O2S/c1-23-16-24(2)21-38(20-23)42(40,41)29-13-9-10-25(18-29)32-27(22-39(36-32)28-11-5-4-6-12-28)17-26(19-34)33-35-30-14-7-8-15-31(30)37(33)3/h4-15,17-18,22-24H,16,20-21H2,1-3H3. The van der Waals surface area contributed by atoms with Crippen molar-refractivity contribution in [1.82, 2.24) is 23.6 Å². The highest BCUT2D eigenvalue weighted by Crippen LogP contribution is 2.32. The molecule has 0 N–H and O–H groups in total. The first-order valence-corrected chi connectivity index (χ1v) is 15.5. The maximum absolute atomic E-state index is 13.7. The Bertz CT molecular complexity index is 1940. The van der Waals surface area contributed by atoms with E-state index in [-0.39, 0.29) is 4.90 Å². The zero-order valence-electron chi connectivity index (χ0n) is 23.8. The molecule has 1 aliphatic rings. The lowest BCUT2D eigenvalue weighted by atomic mass is 9.94. The van der Waals surface area contributed by atoms with Crippen LogP contribution in [0, 0.1) is 23.2 Å². The van der Waals surface area contributed by atoms with E-state index in [4.69, 9.17) is 10.1 Å². The minimum Gasteiger partial charge on any atom is -0.327 e. The molecular formula is C33H32N6O2S. The van der Waals surface area contributed by atoms with Crippen LogP contribution >= 0.6 is 0 Å². The summed E-state index contributed by atoms with van der Waals surface area (Å²) < 4.78 is 32.7. The van der Waals surface area contributed by atoms with E-state index in [9.17, 15) is 13.7 Å². The van der Waals surface area contributed by atoms with Gasteiger partial charge in [0.15, 0.2) is 5.82 Å². The highest BCUT2D eigenvalue weighted by Gasteiger charge is 2.32. The Morgan fingerprint density at radius 2 is 1.69 bits per heavy atom. The average Bonchev–Trinajstić information content (AvgIpc) is 3.57. The average molecular weight is 577 g/mol. The van der Waals surface area contributed by atoms with Crippen LogP contribution in [0.1, 0.15) is 31.7 Å². The molecule has 2 unspecified atom stereocenters. The summed E-state index contributed by atoms with van der Waals surface area (Å²) in [4.78, 5) is 4.95. The molecule has 0 aliphatic carbocycles. The van der Waals surface area contributed by atoms with Crippen LogP contribution in [0.25, 0.3) is 39.6 Å². The van der Waals surface area contributed by atoms with E-state index in [2.05, 4.69) is 19.9 Å². The van der Waals surface area contributed by atoms with Gasteiger partial charge in [-0.25, -0.2) is 18.1 Å². The van der Waals surface area contributed by atoms with Crippen LogP contribution in [0.2, 0.25) is 0 Å². The number of rotatable bonds is 6. The van der Waals surface area contributed by atoms with Gasteiger partial charge in [0.05, 0.1) is 27.2 Å². The number of nitrogens with zero attached hydrogens (tertiary/aromatic N) is 6. The number of nitriles is 1. The molecule has 6 rings (SSSR count). The molecule has 0 radical (unpaired) electrons. The first kappa shape index (κ1) is 27.6. The van der Waals surface area contributed by atoms with Crippen LogP contribution in [0.3, 0.4) is 0 Å². The lowest BCUT2D eigenvalue weighted by molar-refractivity contribution is 0.222. The molecule has 3 heterocycles. The van der Waals surface area contributed by atoms with E-state index in [1.54, 1.807) is 33.3 Å². The SMILES string of the molecule is CC1CC(C)CN(S(=O)(=O)c2cccc(-c3nn(-c4ccccc4)cc3C=C(C#N)c3nc4ccccc4n3C)c2)C1. The van der Waals surface area contributed by atoms with Gasteiger partial charge >= 0.3 is 0 Å². The van der Waals surface area contributed by atoms with Gasteiger partial charge < -0.3 is 4.57 Å². The lowest BCUT2D eigenvalue weighted by Gasteiger charge is -2.34. The van der Waals surface area contributed by atoms with Gasteiger partial charge in [0.1, 0.15) is 11.8 Å². The third kappa shape index (κ3) is 5.15. The molecule has 0 saturated carbocycles. The molecule has 0 amide bonds. The Labute approximate surface area is 246 Å². The molecule has 5 aromatic rings. The molecule has 3 aromatic carbocycles. The zero-order valence-corrected chi connectivity index (χ0v) is 24.7. The van der Waals surface area contributed by atoms with Crippen molar-refractivity contribution < 1.29 is 8.42 Å². The Balaban J connectivity index is 1.47. The molecule has 1 saturated heterocycles. The number of hydrogen-bond donors (Lipinski definition) is 0. The van der Waals surface area contributed by atoms with E-state index in [1.165, 1.54) is 0 Å². The summed E-state index contributed by atoms with van der Waals surface area (Å²) in [5.74, 6) is 1.15. The number of piperidine rings is 1. The number of benzene rings is 3. The van der Waals surface area contributed by atoms with Crippen LogP contribution in [0.5, 0.6) is 0 Å². The van der Waals surface area contributed by atoms with E-state index >= 15 is 0 Å². The van der Waals surface area contributed by atoms with Crippen molar-refractivity contribution in [2.45, 2.75) is 25.2 Å². The van der Waals surface area contributed by atoms with Gasteiger partial charge in [0.25, 0.3) is 0 Å². The molecule has 2 atom stereocenters. The van der Waals surface area contributed by atoms with Gasteiger partial charge in [0.2, 0.25) is 10.0 Å². The minimum absolute atomic E-state index is 0.237. The molecular weight excluding hydrogens is 544 g/mol. The summed E-state index contributed by atoms with van der Waals surface area (Å²) in [6.45, 7) is 5.22. The quantitative estimate of drug-likeness (QED) is 0.226. The highest BCUT2D eigenvalue weighted by molar-refractivity contribution is 7.89. The van der Waals surface area contributed by atoms with Gasteiger partial charge in [-0.3, -0.25) is 0 Å². The van der Waals surface area contributed by atoms with E-state index < -0.39 is 10.0 Å². The molecule has 42 heavy (non-hydrogen) atoms. The number of aromatic nitrogens is 4. The topological polar surface area (TPSA) is 96.8 Å². The minimum atomic E-state index is -3.69. The Kier molecular flexibility index (Phi) is 7.27. The zero-order chi connectivity index (χ0) is 29.4.